The van der Waals surface area contributed by atoms with E-state index in [2.05, 4.69) is 22.2 Å². The average molecular weight is 468 g/mol. The number of benzene rings is 2. The zero-order valence-electron chi connectivity index (χ0n) is 18.4. The van der Waals surface area contributed by atoms with Gasteiger partial charge in [-0.3, -0.25) is 4.79 Å². The van der Waals surface area contributed by atoms with Crippen molar-refractivity contribution in [3.8, 4) is 11.3 Å². The second-order valence-corrected chi connectivity index (χ2v) is 8.53. The summed E-state index contributed by atoms with van der Waals surface area (Å²) in [5.41, 5.74) is 2.88. The van der Waals surface area contributed by atoms with E-state index in [1.807, 2.05) is 36.4 Å². The monoisotopic (exact) mass is 467 g/mol. The molecule has 7 nitrogen and oxygen atoms in total. The van der Waals surface area contributed by atoms with Crippen molar-refractivity contribution in [2.75, 3.05) is 44.7 Å². The lowest BCUT2D eigenvalue weighted by Crippen LogP contribution is -2.44. The summed E-state index contributed by atoms with van der Waals surface area (Å²) in [6.45, 7) is 3.91. The second-order valence-electron chi connectivity index (χ2n) is 8.10. The molecule has 0 saturated carbocycles. The number of aromatic carboxylic acids is 1. The van der Waals surface area contributed by atoms with Crippen LogP contribution in [0.2, 0.25) is 5.02 Å². The summed E-state index contributed by atoms with van der Waals surface area (Å²) in [5, 5.41) is 13.0. The number of carboxylic acids is 1. The van der Waals surface area contributed by atoms with Gasteiger partial charge in [-0.2, -0.15) is 0 Å². The number of carbonyl (C=O) groups is 2. The lowest BCUT2D eigenvalue weighted by atomic mass is 10.0. The third-order valence-corrected chi connectivity index (χ3v) is 6.04. The summed E-state index contributed by atoms with van der Waals surface area (Å²) < 4.78 is 5.70. The maximum atomic E-state index is 13.0. The van der Waals surface area contributed by atoms with Crippen LogP contribution < -0.4 is 10.2 Å². The van der Waals surface area contributed by atoms with E-state index in [0.717, 1.165) is 37.4 Å². The molecule has 2 aromatic carbocycles. The molecule has 0 unspecified atom stereocenters. The SMILES string of the molecule is CN1CCN(c2ccccc2-c2oc(C(=O)O)cc2C(=O)NCCc2ccc(Cl)cc2)CC1. The van der Waals surface area contributed by atoms with E-state index in [0.29, 0.717) is 23.6 Å². The summed E-state index contributed by atoms with van der Waals surface area (Å²) >= 11 is 5.92. The Labute approximate surface area is 197 Å². The van der Waals surface area contributed by atoms with E-state index in [9.17, 15) is 14.7 Å². The summed E-state index contributed by atoms with van der Waals surface area (Å²) in [5.74, 6) is -1.58. The van der Waals surface area contributed by atoms with Crippen molar-refractivity contribution in [2.24, 2.45) is 0 Å². The molecule has 0 radical (unpaired) electrons. The average Bonchev–Trinajstić information content (AvgIpc) is 3.27. The fourth-order valence-corrected chi connectivity index (χ4v) is 4.05. The Morgan fingerprint density at radius 2 is 1.76 bits per heavy atom. The lowest BCUT2D eigenvalue weighted by molar-refractivity contribution is 0.0663. The van der Waals surface area contributed by atoms with Gasteiger partial charge in [-0.1, -0.05) is 35.9 Å². The quantitative estimate of drug-likeness (QED) is 0.545. The third kappa shape index (κ3) is 5.38. The van der Waals surface area contributed by atoms with Crippen molar-refractivity contribution >= 4 is 29.2 Å². The highest BCUT2D eigenvalue weighted by Gasteiger charge is 2.26. The highest BCUT2D eigenvalue weighted by Crippen LogP contribution is 2.35. The van der Waals surface area contributed by atoms with E-state index >= 15 is 0 Å². The van der Waals surface area contributed by atoms with Crippen LogP contribution in [-0.2, 0) is 6.42 Å². The molecule has 0 spiro atoms. The molecule has 4 rings (SSSR count). The third-order valence-electron chi connectivity index (χ3n) is 5.79. The molecular weight excluding hydrogens is 442 g/mol. The zero-order valence-corrected chi connectivity index (χ0v) is 19.1. The predicted octanol–water partition coefficient (Wildman–Crippen LogP) is 4.02. The number of carboxylic acid groups (broad SMARTS) is 1. The van der Waals surface area contributed by atoms with Gasteiger partial charge in [-0.25, -0.2) is 4.79 Å². The van der Waals surface area contributed by atoms with E-state index < -0.39 is 5.97 Å². The first-order valence-electron chi connectivity index (χ1n) is 10.8. The summed E-state index contributed by atoms with van der Waals surface area (Å²) in [6.07, 6.45) is 0.625. The number of carbonyl (C=O) groups excluding carboxylic acids is 1. The Balaban J connectivity index is 1.58. The van der Waals surface area contributed by atoms with Gasteiger partial charge in [0, 0.05) is 55.1 Å². The van der Waals surface area contributed by atoms with Crippen molar-refractivity contribution in [1.29, 1.82) is 0 Å². The van der Waals surface area contributed by atoms with Crippen LogP contribution in [0.4, 0.5) is 5.69 Å². The van der Waals surface area contributed by atoms with Crippen LogP contribution in [0.1, 0.15) is 26.5 Å². The minimum absolute atomic E-state index is 0.213. The molecule has 1 aliphatic rings. The van der Waals surface area contributed by atoms with Crippen molar-refractivity contribution < 1.29 is 19.1 Å². The largest absolute Gasteiger partial charge is 0.475 e. The first kappa shape index (κ1) is 22.9. The second kappa shape index (κ2) is 10.1. The number of nitrogens with one attached hydrogen (secondary N) is 1. The van der Waals surface area contributed by atoms with Gasteiger partial charge in [0.25, 0.3) is 5.91 Å². The molecule has 0 aliphatic carbocycles. The summed E-state index contributed by atoms with van der Waals surface area (Å²) in [7, 11) is 2.08. The Kier molecular flexibility index (Phi) is 7.01. The van der Waals surface area contributed by atoms with Crippen LogP contribution in [-0.4, -0.2) is 61.7 Å². The highest BCUT2D eigenvalue weighted by atomic mass is 35.5. The number of para-hydroxylation sites is 1. The molecule has 0 atom stereocenters. The molecule has 172 valence electrons. The fraction of sp³-hybridized carbons (Fsp3) is 0.280. The Morgan fingerprint density at radius 3 is 2.45 bits per heavy atom. The van der Waals surface area contributed by atoms with Crippen molar-refractivity contribution in [2.45, 2.75) is 6.42 Å². The van der Waals surface area contributed by atoms with Crippen LogP contribution >= 0.6 is 11.6 Å². The van der Waals surface area contributed by atoms with Gasteiger partial charge in [0.15, 0.2) is 0 Å². The van der Waals surface area contributed by atoms with Gasteiger partial charge in [-0.15, -0.1) is 0 Å². The molecular formula is C25H26ClN3O4. The maximum absolute atomic E-state index is 13.0. The molecule has 33 heavy (non-hydrogen) atoms. The van der Waals surface area contributed by atoms with Gasteiger partial charge in [0.2, 0.25) is 5.76 Å². The van der Waals surface area contributed by atoms with E-state index in [-0.39, 0.29) is 23.0 Å². The molecule has 1 aromatic heterocycles. The topological polar surface area (TPSA) is 86.0 Å². The Hall–Kier alpha value is -3.29. The van der Waals surface area contributed by atoms with Crippen LogP contribution in [0.25, 0.3) is 11.3 Å². The number of furan rings is 1. The molecule has 2 heterocycles. The van der Waals surface area contributed by atoms with Crippen molar-refractivity contribution in [3.05, 3.63) is 76.5 Å². The first-order valence-corrected chi connectivity index (χ1v) is 11.2. The van der Waals surface area contributed by atoms with Gasteiger partial charge in [-0.05, 0) is 43.3 Å². The smallest absolute Gasteiger partial charge is 0.371 e. The van der Waals surface area contributed by atoms with Crippen LogP contribution in [0.15, 0.2) is 59.0 Å². The predicted molar refractivity (Wildman–Crippen MR) is 128 cm³/mol. The van der Waals surface area contributed by atoms with Crippen LogP contribution in [0, 0.1) is 0 Å². The number of piperazine rings is 1. The molecule has 1 aliphatic heterocycles. The standard InChI is InChI=1S/C25H26ClN3O4/c1-28-12-14-29(15-13-28)21-5-3-2-4-19(21)23-20(16-22(33-23)25(31)32)24(30)27-11-10-17-6-8-18(26)9-7-17/h2-9,16H,10-15H2,1H3,(H,27,30)(H,31,32). The molecule has 3 aromatic rings. The molecule has 1 amide bonds. The van der Waals surface area contributed by atoms with Gasteiger partial charge in [0.1, 0.15) is 5.76 Å². The molecule has 2 N–H and O–H groups in total. The zero-order chi connectivity index (χ0) is 23.4. The van der Waals surface area contributed by atoms with E-state index in [1.54, 1.807) is 12.1 Å². The van der Waals surface area contributed by atoms with E-state index in [4.69, 9.17) is 16.0 Å². The number of amides is 1. The number of hydrogen-bond acceptors (Lipinski definition) is 5. The van der Waals surface area contributed by atoms with Crippen LogP contribution in [0.5, 0.6) is 0 Å². The Bertz CT molecular complexity index is 1130. The number of likely N-dealkylation sites (N-methyl/N-ethyl adjacent to an activating group) is 1. The van der Waals surface area contributed by atoms with Gasteiger partial charge in [0.05, 0.1) is 5.56 Å². The van der Waals surface area contributed by atoms with Crippen molar-refractivity contribution in [1.82, 2.24) is 10.2 Å². The maximum Gasteiger partial charge on any atom is 0.371 e. The first-order chi connectivity index (χ1) is 15.9. The number of halogens is 1. The fourth-order valence-electron chi connectivity index (χ4n) is 3.92. The molecule has 8 heteroatoms. The van der Waals surface area contributed by atoms with E-state index in [1.165, 1.54) is 6.07 Å². The van der Waals surface area contributed by atoms with Gasteiger partial charge < -0.3 is 24.6 Å². The summed E-state index contributed by atoms with van der Waals surface area (Å²) in [6, 6.07) is 16.4. The Morgan fingerprint density at radius 1 is 1.06 bits per heavy atom. The minimum atomic E-state index is -1.21. The summed E-state index contributed by atoms with van der Waals surface area (Å²) in [4.78, 5) is 29.2. The minimum Gasteiger partial charge on any atom is -0.475 e. The molecule has 1 fully saturated rings. The number of anilines is 1. The number of nitrogens with zero attached hydrogens (tertiary/aromatic N) is 2. The van der Waals surface area contributed by atoms with Gasteiger partial charge >= 0.3 is 5.97 Å². The lowest BCUT2D eigenvalue weighted by Gasteiger charge is -2.35. The molecule has 1 saturated heterocycles. The van der Waals surface area contributed by atoms with Crippen LogP contribution in [0.3, 0.4) is 0 Å². The van der Waals surface area contributed by atoms with Crippen molar-refractivity contribution in [3.63, 3.8) is 0 Å². The number of hydrogen-bond donors (Lipinski definition) is 2. The highest BCUT2D eigenvalue weighted by molar-refractivity contribution is 6.30. The number of rotatable bonds is 7. The molecule has 0 bridgehead atoms. The normalized spacial score (nSPS) is 14.3.